The molecule has 0 radical (unpaired) electrons. The van der Waals surface area contributed by atoms with Crippen LogP contribution in [0.2, 0.25) is 0 Å². The number of carbonyl (C=O) groups excluding carboxylic acids is 10. The summed E-state index contributed by atoms with van der Waals surface area (Å²) in [6, 6.07) is 16.3. The summed E-state index contributed by atoms with van der Waals surface area (Å²) in [4.78, 5) is 131. The number of hydrogen-bond donors (Lipinski definition) is 8. The van der Waals surface area contributed by atoms with Crippen LogP contribution >= 0.6 is 0 Å². The molecule has 4 atom stereocenters. The number of ether oxygens (including phenoxy) is 1. The minimum atomic E-state index is -1.76. The van der Waals surface area contributed by atoms with Crippen molar-refractivity contribution in [3.05, 3.63) is 132 Å². The topological polar surface area (TPSA) is 324 Å². The van der Waals surface area contributed by atoms with Crippen LogP contribution in [-0.4, -0.2) is 130 Å². The Bertz CT molecular complexity index is 2800. The van der Waals surface area contributed by atoms with E-state index in [1.165, 1.54) is 4.90 Å². The first kappa shape index (κ1) is 58.1. The second-order valence-electron chi connectivity index (χ2n) is 18.6. The number of imide groups is 1. The minimum Gasteiger partial charge on any atom is -0.445 e. The Morgan fingerprint density at radius 3 is 1.87 bits per heavy atom. The van der Waals surface area contributed by atoms with Gasteiger partial charge in [-0.1, -0.05) is 81.4 Å². The molecule has 1 aliphatic rings. The van der Waals surface area contributed by atoms with E-state index in [0.717, 1.165) is 35.9 Å². The summed E-state index contributed by atoms with van der Waals surface area (Å²) in [5, 5.41) is 22.3. The van der Waals surface area contributed by atoms with Crippen LogP contribution in [0.3, 0.4) is 0 Å². The zero-order valence-corrected chi connectivity index (χ0v) is 41.9. The van der Waals surface area contributed by atoms with E-state index in [-0.39, 0.29) is 50.3 Å². The van der Waals surface area contributed by atoms with Crippen molar-refractivity contribution in [1.82, 2.24) is 41.0 Å². The molecule has 0 aliphatic carbocycles. The number of hydrogen-bond acceptors (Lipinski definition) is 12. The lowest BCUT2D eigenvalue weighted by atomic mass is 9.82. The van der Waals surface area contributed by atoms with E-state index in [2.05, 4.69) is 26.6 Å². The highest BCUT2D eigenvalue weighted by Gasteiger charge is 2.38. The SMILES string of the molecule is CC(C)(C)[C@H](c1cc(-c2cc(F)ccc2F)cn1Cc1ccccc1)N(CC[C@H](NC(=O)C[C@H](NC(=O)C[C@H](NC(=O)OCc1ccccc1)C(N)=O)C(N)=O)C(=O)NCCNC(=O)CN1C(=O)C=CC1=O)C(=O)CO. The Hall–Kier alpha value is -8.80. The second-order valence-corrected chi connectivity index (χ2v) is 18.6. The molecule has 10 amide bonds. The number of aliphatic hydroxyl groups is 1. The molecular weight excluding hydrogens is 995 g/mol. The van der Waals surface area contributed by atoms with Crippen molar-refractivity contribution in [2.24, 2.45) is 16.9 Å². The Labute approximate surface area is 435 Å². The molecule has 0 saturated heterocycles. The maximum atomic E-state index is 15.3. The summed E-state index contributed by atoms with van der Waals surface area (Å²) in [6.07, 6.45) is 0.427. The van der Waals surface area contributed by atoms with Crippen molar-refractivity contribution < 1.29 is 66.6 Å². The zero-order valence-electron chi connectivity index (χ0n) is 41.9. The largest absolute Gasteiger partial charge is 0.445 e. The molecule has 3 aromatic carbocycles. The average molecular weight is 1060 g/mol. The quantitative estimate of drug-likeness (QED) is 0.0322. The third-order valence-corrected chi connectivity index (χ3v) is 11.8. The van der Waals surface area contributed by atoms with E-state index in [4.69, 9.17) is 16.2 Å². The maximum absolute atomic E-state index is 15.3. The lowest BCUT2D eigenvalue weighted by Crippen LogP contribution is -2.54. The Kier molecular flexibility index (Phi) is 20.6. The smallest absolute Gasteiger partial charge is 0.408 e. The van der Waals surface area contributed by atoms with Crippen molar-refractivity contribution in [2.75, 3.05) is 32.8 Å². The highest BCUT2D eigenvalue weighted by molar-refractivity contribution is 6.14. The maximum Gasteiger partial charge on any atom is 0.408 e. The Balaban J connectivity index is 1.38. The van der Waals surface area contributed by atoms with Crippen LogP contribution in [0.15, 0.2) is 103 Å². The van der Waals surface area contributed by atoms with Gasteiger partial charge in [-0.05, 0) is 47.2 Å². The van der Waals surface area contributed by atoms with Gasteiger partial charge in [0.2, 0.25) is 41.4 Å². The number of benzene rings is 3. The lowest BCUT2D eigenvalue weighted by molar-refractivity contribution is -0.141. The van der Waals surface area contributed by atoms with Gasteiger partial charge in [0.15, 0.2) is 0 Å². The molecule has 0 bridgehead atoms. The van der Waals surface area contributed by atoms with Gasteiger partial charge in [-0.2, -0.15) is 0 Å². The first-order valence-electron chi connectivity index (χ1n) is 23.9. The number of nitrogens with two attached hydrogens (primary N) is 2. The molecular formula is C52H60F2N10O12. The number of carbonyl (C=O) groups is 10. The van der Waals surface area contributed by atoms with Crippen LogP contribution in [0, 0.1) is 17.0 Å². The fourth-order valence-electron chi connectivity index (χ4n) is 8.16. The van der Waals surface area contributed by atoms with Gasteiger partial charge in [0.25, 0.3) is 11.8 Å². The molecule has 10 N–H and O–H groups in total. The lowest BCUT2D eigenvalue weighted by Gasteiger charge is -2.41. The van der Waals surface area contributed by atoms with E-state index in [1.807, 2.05) is 30.3 Å². The normalized spacial score (nSPS) is 13.7. The molecule has 4 aromatic rings. The van der Waals surface area contributed by atoms with Crippen LogP contribution in [0.4, 0.5) is 13.6 Å². The molecule has 0 saturated carbocycles. The van der Waals surface area contributed by atoms with Gasteiger partial charge < -0.3 is 57.4 Å². The van der Waals surface area contributed by atoms with Crippen molar-refractivity contribution in [3.63, 3.8) is 0 Å². The predicted molar refractivity (Wildman–Crippen MR) is 268 cm³/mol. The van der Waals surface area contributed by atoms with Crippen LogP contribution in [0.5, 0.6) is 0 Å². The monoisotopic (exact) mass is 1050 g/mol. The summed E-state index contributed by atoms with van der Waals surface area (Å²) in [5.41, 5.74) is 12.1. The fraction of sp³-hybridized carbons (Fsp3) is 0.346. The van der Waals surface area contributed by atoms with Crippen molar-refractivity contribution in [2.45, 2.75) is 77.4 Å². The van der Waals surface area contributed by atoms with Gasteiger partial charge >= 0.3 is 6.09 Å². The highest BCUT2D eigenvalue weighted by Crippen LogP contribution is 2.41. The number of primary amides is 2. The van der Waals surface area contributed by atoms with Crippen molar-refractivity contribution >= 4 is 59.3 Å². The molecule has 1 aliphatic heterocycles. The van der Waals surface area contributed by atoms with E-state index in [0.29, 0.717) is 16.2 Å². The number of alkyl carbamates (subject to hydrolysis) is 1. The molecule has 0 unspecified atom stereocenters. The summed E-state index contributed by atoms with van der Waals surface area (Å²) >= 11 is 0. The van der Waals surface area contributed by atoms with Crippen LogP contribution in [0.25, 0.3) is 11.1 Å². The molecule has 0 spiro atoms. The molecule has 404 valence electrons. The van der Waals surface area contributed by atoms with Gasteiger partial charge in [0.1, 0.15) is 49.5 Å². The van der Waals surface area contributed by atoms with Gasteiger partial charge in [-0.15, -0.1) is 0 Å². The van der Waals surface area contributed by atoms with Crippen LogP contribution < -0.4 is 38.1 Å². The van der Waals surface area contributed by atoms with E-state index in [9.17, 15) is 57.4 Å². The number of nitrogens with one attached hydrogen (secondary N) is 5. The number of aromatic nitrogens is 1. The third-order valence-electron chi connectivity index (χ3n) is 11.8. The first-order valence-corrected chi connectivity index (χ1v) is 23.9. The summed E-state index contributed by atoms with van der Waals surface area (Å²) < 4.78 is 36.8. The third kappa shape index (κ3) is 16.9. The summed E-state index contributed by atoms with van der Waals surface area (Å²) in [6.45, 7) is 2.89. The van der Waals surface area contributed by atoms with Gasteiger partial charge in [0.05, 0.1) is 18.9 Å². The zero-order chi connectivity index (χ0) is 55.7. The van der Waals surface area contributed by atoms with Gasteiger partial charge in [0, 0.05) is 61.3 Å². The minimum absolute atomic E-state index is 0.0690. The Morgan fingerprint density at radius 2 is 1.29 bits per heavy atom. The van der Waals surface area contributed by atoms with E-state index >= 15 is 4.39 Å². The molecule has 2 heterocycles. The standard InChI is InChI=1S/C52H60F2N10O12/c1-52(2,3)47(40-22-33(35-23-34(53)14-15-36(35)54)27-62(40)26-31-10-6-4-7-11-31)63(46(71)29-65)21-18-37(50(74)58-20-19-57-43(68)28-64-44(69)16-17-45(64)70)59-41(66)24-38(48(55)72)60-42(67)25-39(49(56)73)61-51(75)76-30-32-12-8-5-9-13-32/h4-17,22-23,27,37-39,47,65H,18-21,24-26,28-30H2,1-3H3,(H2,55,72)(H2,56,73)(H,57,68)(H,58,74)(H,59,66)(H,60,67)(H,61,75)/t37-,38-,39-,47-/m0/s1. The van der Waals surface area contributed by atoms with E-state index < -0.39 is 126 Å². The number of halogens is 2. The fourth-order valence-corrected chi connectivity index (χ4v) is 8.16. The van der Waals surface area contributed by atoms with Crippen molar-refractivity contribution in [1.29, 1.82) is 0 Å². The van der Waals surface area contributed by atoms with Gasteiger partial charge in [-0.3, -0.25) is 48.1 Å². The number of nitrogens with zero attached hydrogens (tertiary/aromatic N) is 3. The molecule has 0 fully saturated rings. The van der Waals surface area contributed by atoms with Crippen LogP contribution in [0.1, 0.15) is 62.9 Å². The second kappa shape index (κ2) is 26.9. The molecule has 22 nitrogen and oxygen atoms in total. The summed E-state index contributed by atoms with van der Waals surface area (Å²) in [7, 11) is 0. The number of amides is 10. The molecule has 76 heavy (non-hydrogen) atoms. The van der Waals surface area contributed by atoms with E-state index in [1.54, 1.807) is 67.9 Å². The number of rotatable bonds is 26. The molecule has 1 aromatic heterocycles. The first-order chi connectivity index (χ1) is 36.0. The van der Waals surface area contributed by atoms with Crippen LogP contribution in [-0.2, 0) is 61.0 Å². The average Bonchev–Trinajstić information content (AvgIpc) is 3.93. The highest BCUT2D eigenvalue weighted by atomic mass is 19.1. The number of aliphatic hydroxyl groups excluding tert-OH is 1. The predicted octanol–water partition coefficient (Wildman–Crippen LogP) is 0.953. The van der Waals surface area contributed by atoms with Gasteiger partial charge in [-0.25, -0.2) is 13.6 Å². The summed E-state index contributed by atoms with van der Waals surface area (Å²) in [5.74, 6) is -9.71. The Morgan fingerprint density at radius 1 is 0.724 bits per heavy atom. The van der Waals surface area contributed by atoms with Crippen molar-refractivity contribution in [3.8, 4) is 11.1 Å². The molecule has 24 heteroatoms. The molecule has 5 rings (SSSR count).